The standard InChI is InChI=1S/C18H22N4O6/c1-4-5-12-9-13(20-19-12)18(25)28-10-16(23)21-22-17(24)11-6-7-14(26-2)15(8-11)27-3/h6-9H,4-5,10H2,1-3H3,(H,19,20)(H,21,23)(H,22,24). The molecular formula is C18H22N4O6. The molecule has 0 aliphatic rings. The minimum atomic E-state index is -0.736. The molecule has 0 bridgehead atoms. The summed E-state index contributed by atoms with van der Waals surface area (Å²) in [6.07, 6.45) is 1.65. The van der Waals surface area contributed by atoms with Crippen molar-refractivity contribution in [3.63, 3.8) is 0 Å². The Morgan fingerprint density at radius 2 is 1.82 bits per heavy atom. The first-order chi connectivity index (χ1) is 13.5. The van der Waals surface area contributed by atoms with Gasteiger partial charge in [0.05, 0.1) is 14.2 Å². The number of carbonyl (C=O) groups excluding carboxylic acids is 3. The molecule has 0 spiro atoms. The summed E-state index contributed by atoms with van der Waals surface area (Å²) >= 11 is 0. The van der Waals surface area contributed by atoms with Crippen LogP contribution in [0.15, 0.2) is 24.3 Å². The van der Waals surface area contributed by atoms with Crippen LogP contribution in [0, 0.1) is 0 Å². The predicted molar refractivity (Wildman–Crippen MR) is 98.0 cm³/mol. The van der Waals surface area contributed by atoms with E-state index in [0.717, 1.165) is 18.5 Å². The highest BCUT2D eigenvalue weighted by Crippen LogP contribution is 2.27. The number of H-pyrrole nitrogens is 1. The Kier molecular flexibility index (Phi) is 7.37. The van der Waals surface area contributed by atoms with Gasteiger partial charge in [-0.2, -0.15) is 5.10 Å². The number of hydrogen-bond donors (Lipinski definition) is 3. The summed E-state index contributed by atoms with van der Waals surface area (Å²) in [5.74, 6) is -1.17. The number of hydrazine groups is 1. The van der Waals surface area contributed by atoms with Crippen LogP contribution in [-0.2, 0) is 16.0 Å². The second-order valence-electron chi connectivity index (χ2n) is 5.68. The van der Waals surface area contributed by atoms with E-state index < -0.39 is 24.4 Å². The van der Waals surface area contributed by atoms with Crippen molar-refractivity contribution in [1.29, 1.82) is 0 Å². The zero-order valence-electron chi connectivity index (χ0n) is 15.8. The normalized spacial score (nSPS) is 10.1. The van der Waals surface area contributed by atoms with Crippen molar-refractivity contribution in [3.8, 4) is 11.5 Å². The van der Waals surface area contributed by atoms with Crippen LogP contribution in [0.2, 0.25) is 0 Å². The van der Waals surface area contributed by atoms with Crippen LogP contribution in [0.4, 0.5) is 0 Å². The van der Waals surface area contributed by atoms with Gasteiger partial charge in [0, 0.05) is 11.3 Å². The molecule has 0 unspecified atom stereocenters. The molecule has 0 aliphatic carbocycles. The number of aryl methyl sites for hydroxylation is 1. The highest BCUT2D eigenvalue weighted by Gasteiger charge is 2.15. The van der Waals surface area contributed by atoms with E-state index in [1.54, 1.807) is 12.1 Å². The minimum Gasteiger partial charge on any atom is -0.493 e. The molecule has 0 fully saturated rings. The average Bonchev–Trinajstić information content (AvgIpc) is 3.18. The third-order valence-corrected chi connectivity index (χ3v) is 3.65. The van der Waals surface area contributed by atoms with Gasteiger partial charge in [-0.25, -0.2) is 4.79 Å². The van der Waals surface area contributed by atoms with E-state index in [4.69, 9.17) is 14.2 Å². The predicted octanol–water partition coefficient (Wildman–Crippen LogP) is 0.997. The van der Waals surface area contributed by atoms with Gasteiger partial charge in [-0.15, -0.1) is 0 Å². The third-order valence-electron chi connectivity index (χ3n) is 3.65. The molecule has 0 saturated carbocycles. The second-order valence-corrected chi connectivity index (χ2v) is 5.68. The Morgan fingerprint density at radius 1 is 1.07 bits per heavy atom. The largest absolute Gasteiger partial charge is 0.493 e. The minimum absolute atomic E-state index is 0.0885. The van der Waals surface area contributed by atoms with E-state index in [9.17, 15) is 14.4 Å². The lowest BCUT2D eigenvalue weighted by Gasteiger charge is -2.10. The SMILES string of the molecule is CCCc1cc(C(=O)OCC(=O)NNC(=O)c2ccc(OC)c(OC)c2)n[nH]1. The molecule has 2 rings (SSSR count). The number of amides is 2. The molecule has 150 valence electrons. The number of rotatable bonds is 8. The van der Waals surface area contributed by atoms with Gasteiger partial charge in [0.25, 0.3) is 11.8 Å². The van der Waals surface area contributed by atoms with Gasteiger partial charge in [0.1, 0.15) is 0 Å². The fourth-order valence-corrected chi connectivity index (χ4v) is 2.28. The number of ether oxygens (including phenoxy) is 3. The zero-order chi connectivity index (χ0) is 20.5. The van der Waals surface area contributed by atoms with Crippen LogP contribution >= 0.6 is 0 Å². The molecule has 1 heterocycles. The Bertz CT molecular complexity index is 848. The molecule has 1 aromatic heterocycles. The number of nitrogens with one attached hydrogen (secondary N) is 3. The molecule has 10 heteroatoms. The molecule has 2 aromatic rings. The molecule has 0 radical (unpaired) electrons. The molecule has 2 amide bonds. The number of aromatic nitrogens is 2. The zero-order valence-corrected chi connectivity index (χ0v) is 15.8. The summed E-state index contributed by atoms with van der Waals surface area (Å²) in [4.78, 5) is 35.7. The van der Waals surface area contributed by atoms with Crippen molar-refractivity contribution in [3.05, 3.63) is 41.2 Å². The van der Waals surface area contributed by atoms with Crippen LogP contribution in [0.1, 0.15) is 39.9 Å². The monoisotopic (exact) mass is 390 g/mol. The summed E-state index contributed by atoms with van der Waals surface area (Å²) in [6.45, 7) is 1.43. The smallest absolute Gasteiger partial charge is 0.359 e. The van der Waals surface area contributed by atoms with Gasteiger partial charge in [0.2, 0.25) is 0 Å². The molecule has 28 heavy (non-hydrogen) atoms. The number of esters is 1. The summed E-state index contributed by atoms with van der Waals surface area (Å²) in [5.41, 5.74) is 5.53. The lowest BCUT2D eigenvalue weighted by molar-refractivity contribution is -0.125. The van der Waals surface area contributed by atoms with E-state index in [0.29, 0.717) is 11.5 Å². The number of methoxy groups -OCH3 is 2. The van der Waals surface area contributed by atoms with Crippen LogP contribution < -0.4 is 20.3 Å². The van der Waals surface area contributed by atoms with Crippen molar-refractivity contribution in [2.75, 3.05) is 20.8 Å². The first kappa shape index (κ1) is 20.7. The number of benzene rings is 1. The highest BCUT2D eigenvalue weighted by atomic mass is 16.5. The van der Waals surface area contributed by atoms with Crippen molar-refractivity contribution < 1.29 is 28.6 Å². The molecule has 1 aromatic carbocycles. The third kappa shape index (κ3) is 5.47. The number of aromatic amines is 1. The van der Waals surface area contributed by atoms with Crippen LogP contribution in [-0.4, -0.2) is 48.8 Å². The van der Waals surface area contributed by atoms with E-state index in [1.807, 2.05) is 6.92 Å². The van der Waals surface area contributed by atoms with Gasteiger partial charge >= 0.3 is 5.97 Å². The van der Waals surface area contributed by atoms with Crippen molar-refractivity contribution in [2.45, 2.75) is 19.8 Å². The van der Waals surface area contributed by atoms with Gasteiger partial charge in [0.15, 0.2) is 23.8 Å². The van der Waals surface area contributed by atoms with Crippen LogP contribution in [0.5, 0.6) is 11.5 Å². The lowest BCUT2D eigenvalue weighted by atomic mass is 10.2. The average molecular weight is 390 g/mol. The van der Waals surface area contributed by atoms with Gasteiger partial charge < -0.3 is 14.2 Å². The highest BCUT2D eigenvalue weighted by molar-refractivity contribution is 5.96. The Morgan fingerprint density at radius 3 is 2.50 bits per heavy atom. The maximum absolute atomic E-state index is 12.1. The fourth-order valence-electron chi connectivity index (χ4n) is 2.28. The van der Waals surface area contributed by atoms with E-state index in [1.165, 1.54) is 26.4 Å². The summed E-state index contributed by atoms with van der Waals surface area (Å²) < 4.78 is 15.1. The fraction of sp³-hybridized carbons (Fsp3) is 0.333. The quantitative estimate of drug-likeness (QED) is 0.452. The Labute approximate surface area is 161 Å². The summed E-state index contributed by atoms with van der Waals surface area (Å²) in [5, 5.41) is 6.56. The first-order valence-electron chi connectivity index (χ1n) is 8.51. The number of nitrogens with zero attached hydrogens (tertiary/aromatic N) is 1. The Hall–Kier alpha value is -3.56. The van der Waals surface area contributed by atoms with E-state index in [2.05, 4.69) is 21.0 Å². The summed E-state index contributed by atoms with van der Waals surface area (Å²) in [7, 11) is 2.92. The van der Waals surface area contributed by atoms with Gasteiger partial charge in [-0.1, -0.05) is 13.3 Å². The van der Waals surface area contributed by atoms with E-state index in [-0.39, 0.29) is 11.3 Å². The molecule has 10 nitrogen and oxygen atoms in total. The van der Waals surface area contributed by atoms with Crippen molar-refractivity contribution >= 4 is 17.8 Å². The molecule has 0 saturated heterocycles. The number of carbonyl (C=O) groups is 3. The first-order valence-corrected chi connectivity index (χ1v) is 8.51. The van der Waals surface area contributed by atoms with Gasteiger partial charge in [-0.3, -0.25) is 25.5 Å². The topological polar surface area (TPSA) is 132 Å². The maximum atomic E-state index is 12.1. The van der Waals surface area contributed by atoms with E-state index >= 15 is 0 Å². The molecular weight excluding hydrogens is 368 g/mol. The maximum Gasteiger partial charge on any atom is 0.359 e. The second kappa shape index (κ2) is 9.95. The molecule has 0 aliphatic heterocycles. The Balaban J connectivity index is 1.81. The van der Waals surface area contributed by atoms with Crippen LogP contribution in [0.3, 0.4) is 0 Å². The van der Waals surface area contributed by atoms with Crippen molar-refractivity contribution in [2.24, 2.45) is 0 Å². The lowest BCUT2D eigenvalue weighted by Crippen LogP contribution is -2.43. The number of hydrogen-bond acceptors (Lipinski definition) is 7. The molecule has 3 N–H and O–H groups in total. The summed E-state index contributed by atoms with van der Waals surface area (Å²) in [6, 6.07) is 6.11. The van der Waals surface area contributed by atoms with Gasteiger partial charge in [-0.05, 0) is 30.7 Å². The van der Waals surface area contributed by atoms with Crippen LogP contribution in [0.25, 0.3) is 0 Å². The molecule has 0 atom stereocenters. The van der Waals surface area contributed by atoms with Crippen molar-refractivity contribution in [1.82, 2.24) is 21.0 Å².